The number of aromatic hydroxyl groups is 4. The second kappa shape index (κ2) is 12.8. The first-order valence-corrected chi connectivity index (χ1v) is 15.5. The zero-order valence-corrected chi connectivity index (χ0v) is 26.0. The van der Waals surface area contributed by atoms with Gasteiger partial charge in [-0.05, 0) is 53.9 Å². The Hall–Kier alpha value is -5.75. The van der Waals surface area contributed by atoms with Crippen molar-refractivity contribution in [3.8, 4) is 34.5 Å². The maximum Gasteiger partial charge on any atom is 0.233 e. The highest BCUT2D eigenvalue weighted by Crippen LogP contribution is 2.46. The van der Waals surface area contributed by atoms with E-state index in [4.69, 9.17) is 14.2 Å². The third-order valence-electron chi connectivity index (χ3n) is 8.90. The van der Waals surface area contributed by atoms with Gasteiger partial charge in [0.2, 0.25) is 5.91 Å². The van der Waals surface area contributed by atoms with Crippen molar-refractivity contribution in [2.24, 2.45) is 5.92 Å². The van der Waals surface area contributed by atoms with Crippen molar-refractivity contribution in [3.63, 3.8) is 0 Å². The van der Waals surface area contributed by atoms with Crippen LogP contribution in [0.1, 0.15) is 41.0 Å². The number of nitrogens with zero attached hydrogens (tertiary/aromatic N) is 4. The third-order valence-corrected chi connectivity index (χ3v) is 8.90. The highest BCUT2D eigenvalue weighted by Gasteiger charge is 2.48. The number of hydrogen-bond acceptors (Lipinski definition) is 10. The molecule has 0 unspecified atom stereocenters. The number of benzene rings is 4. The van der Waals surface area contributed by atoms with Gasteiger partial charge >= 0.3 is 0 Å². The molecule has 0 spiro atoms. The largest absolute Gasteiger partial charge is 0.508 e. The quantitative estimate of drug-likeness (QED) is 0.117. The number of anilines is 1. The zero-order valence-electron chi connectivity index (χ0n) is 26.0. The van der Waals surface area contributed by atoms with Crippen molar-refractivity contribution in [2.45, 2.75) is 44.2 Å². The van der Waals surface area contributed by atoms with Gasteiger partial charge < -0.3 is 39.5 Å². The molecule has 2 aliphatic heterocycles. The van der Waals surface area contributed by atoms with E-state index in [2.05, 4.69) is 10.3 Å². The fraction of sp³-hybridized carbons (Fsp3) is 0.250. The number of carbonyl (C=O) groups is 1. The number of phenols is 4. The van der Waals surface area contributed by atoms with E-state index in [1.165, 1.54) is 24.3 Å². The Kier molecular flexibility index (Phi) is 8.24. The highest BCUT2D eigenvalue weighted by atomic mass is 16.5. The van der Waals surface area contributed by atoms with Gasteiger partial charge in [0.15, 0.2) is 17.6 Å². The van der Waals surface area contributed by atoms with E-state index in [9.17, 15) is 25.2 Å². The summed E-state index contributed by atoms with van der Waals surface area (Å²) in [4.78, 5) is 15.3. The summed E-state index contributed by atoms with van der Waals surface area (Å²) in [6.45, 7) is 0.534. The summed E-state index contributed by atoms with van der Waals surface area (Å²) in [5, 5.41) is 49.0. The Balaban J connectivity index is 1.05. The van der Waals surface area contributed by atoms with Crippen LogP contribution in [0.2, 0.25) is 0 Å². The summed E-state index contributed by atoms with van der Waals surface area (Å²) in [5.41, 5.74) is 3.43. The molecule has 1 saturated heterocycles. The molecule has 0 aliphatic carbocycles. The lowest BCUT2D eigenvalue weighted by molar-refractivity contribution is -0.130. The molecule has 12 nitrogen and oxygen atoms in total. The molecule has 1 amide bonds. The van der Waals surface area contributed by atoms with Crippen molar-refractivity contribution in [3.05, 3.63) is 114 Å². The first kappa shape index (κ1) is 30.9. The number of rotatable bonds is 10. The van der Waals surface area contributed by atoms with Gasteiger partial charge in [-0.3, -0.25) is 9.48 Å². The lowest BCUT2D eigenvalue weighted by Gasteiger charge is -2.47. The maximum atomic E-state index is 13.5. The first-order chi connectivity index (χ1) is 23.3. The molecule has 4 aromatic carbocycles. The molecule has 0 radical (unpaired) electrons. The smallest absolute Gasteiger partial charge is 0.233 e. The molecular weight excluding hydrogens is 616 g/mol. The van der Waals surface area contributed by atoms with Crippen molar-refractivity contribution in [1.29, 1.82) is 0 Å². The fourth-order valence-corrected chi connectivity index (χ4v) is 6.46. The molecule has 3 heterocycles. The molecule has 7 rings (SSSR count). The average Bonchev–Trinajstić information content (AvgIpc) is 3.55. The Morgan fingerprint density at radius 2 is 1.67 bits per heavy atom. The number of aryl methyl sites for hydroxylation is 1. The van der Waals surface area contributed by atoms with Gasteiger partial charge in [0.1, 0.15) is 34.8 Å². The first-order valence-electron chi connectivity index (χ1n) is 15.5. The third kappa shape index (κ3) is 5.93. The lowest BCUT2D eigenvalue weighted by Crippen LogP contribution is -2.55. The molecule has 4 N–H and O–H groups in total. The summed E-state index contributed by atoms with van der Waals surface area (Å²) < 4.78 is 19.4. The number of fused-ring (bicyclic) bond motifs is 1. The van der Waals surface area contributed by atoms with Crippen molar-refractivity contribution >= 4 is 11.6 Å². The Labute approximate surface area is 276 Å². The van der Waals surface area contributed by atoms with Gasteiger partial charge in [-0.2, -0.15) is 0 Å². The maximum absolute atomic E-state index is 13.5. The SMILES string of the molecule is COc1ccc([C@@H]2[C@H](CCn3cc(CO[C@H]4Cc5c(O)cc(O)cc5O[C@@H]4c4ccc(O)c(O)c4)nn3)C(=O)N2c2ccccc2)cc1. The van der Waals surface area contributed by atoms with Crippen LogP contribution in [-0.2, 0) is 29.1 Å². The summed E-state index contributed by atoms with van der Waals surface area (Å²) >= 11 is 0. The van der Waals surface area contributed by atoms with E-state index in [0.717, 1.165) is 17.0 Å². The summed E-state index contributed by atoms with van der Waals surface area (Å²) in [6.07, 6.45) is 1.22. The molecule has 0 saturated carbocycles. The number of ether oxygens (including phenoxy) is 3. The Morgan fingerprint density at radius 1 is 0.896 bits per heavy atom. The summed E-state index contributed by atoms with van der Waals surface area (Å²) in [5.74, 6) is -0.0263. The molecule has 5 aromatic rings. The van der Waals surface area contributed by atoms with E-state index < -0.39 is 12.2 Å². The minimum absolute atomic E-state index is 0.0474. The van der Waals surface area contributed by atoms with Crippen LogP contribution in [-0.4, -0.2) is 54.5 Å². The number of phenolic OH excluding ortho intramolecular Hbond substituents is 4. The second-order valence-corrected chi connectivity index (χ2v) is 11.9. The van der Waals surface area contributed by atoms with Crippen LogP contribution in [0.3, 0.4) is 0 Å². The van der Waals surface area contributed by atoms with E-state index in [0.29, 0.717) is 35.5 Å². The van der Waals surface area contributed by atoms with Crippen LogP contribution in [0, 0.1) is 5.92 Å². The van der Waals surface area contributed by atoms with Crippen molar-refractivity contribution in [2.75, 3.05) is 12.0 Å². The normalized spacial score (nSPS) is 20.1. The van der Waals surface area contributed by atoms with Crippen molar-refractivity contribution < 1.29 is 39.4 Å². The molecular formula is C36H34N4O8. The average molecular weight is 651 g/mol. The zero-order chi connectivity index (χ0) is 33.4. The predicted octanol–water partition coefficient (Wildman–Crippen LogP) is 5.17. The van der Waals surface area contributed by atoms with Crippen LogP contribution in [0.15, 0.2) is 91.1 Å². The standard InChI is InChI=1S/C36H34N4O8/c1-46-26-10-7-21(8-11-26)34-27(36(45)40(34)24-5-3-2-4-6-24)13-14-39-19-23(37-38-39)20-47-33-18-28-30(43)16-25(41)17-32(28)48-35(33)22-9-12-29(42)31(44)15-22/h2-12,15-17,19,27,33-35,41-44H,13-14,18,20H2,1H3/t27-,33-,34+,35+/m0/s1. The van der Waals surface area contributed by atoms with Crippen LogP contribution in [0.4, 0.5) is 5.69 Å². The molecule has 1 aromatic heterocycles. The van der Waals surface area contributed by atoms with E-state index in [-0.39, 0.29) is 53.9 Å². The highest BCUT2D eigenvalue weighted by molar-refractivity contribution is 6.03. The van der Waals surface area contributed by atoms with Crippen LogP contribution >= 0.6 is 0 Å². The number of aromatic nitrogens is 3. The molecule has 48 heavy (non-hydrogen) atoms. The Morgan fingerprint density at radius 3 is 2.42 bits per heavy atom. The molecule has 246 valence electrons. The number of hydrogen-bond donors (Lipinski definition) is 4. The van der Waals surface area contributed by atoms with Gasteiger partial charge in [0.25, 0.3) is 0 Å². The van der Waals surface area contributed by atoms with Gasteiger partial charge in [0, 0.05) is 36.3 Å². The molecule has 12 heteroatoms. The topological polar surface area (TPSA) is 160 Å². The molecule has 4 atom stereocenters. The molecule has 2 aliphatic rings. The van der Waals surface area contributed by atoms with Gasteiger partial charge in [-0.1, -0.05) is 41.6 Å². The van der Waals surface area contributed by atoms with E-state index >= 15 is 0 Å². The molecule has 1 fully saturated rings. The molecule has 0 bridgehead atoms. The summed E-state index contributed by atoms with van der Waals surface area (Å²) in [7, 11) is 1.62. The van der Waals surface area contributed by atoms with Crippen LogP contribution in [0.25, 0.3) is 0 Å². The fourth-order valence-electron chi connectivity index (χ4n) is 6.46. The van der Waals surface area contributed by atoms with Gasteiger partial charge in [0.05, 0.1) is 31.9 Å². The van der Waals surface area contributed by atoms with Gasteiger partial charge in [-0.25, -0.2) is 0 Å². The van der Waals surface area contributed by atoms with E-state index in [1.54, 1.807) is 24.1 Å². The van der Waals surface area contributed by atoms with Crippen LogP contribution < -0.4 is 14.4 Å². The minimum atomic E-state index is -0.729. The number of para-hydroxylation sites is 1. The summed E-state index contributed by atoms with van der Waals surface area (Å²) in [6, 6.07) is 24.3. The van der Waals surface area contributed by atoms with Crippen molar-refractivity contribution in [1.82, 2.24) is 15.0 Å². The number of amides is 1. The van der Waals surface area contributed by atoms with Crippen LogP contribution in [0.5, 0.6) is 34.5 Å². The number of carbonyl (C=O) groups excluding carboxylic acids is 1. The number of methoxy groups -OCH3 is 1. The monoisotopic (exact) mass is 650 g/mol. The van der Waals surface area contributed by atoms with Gasteiger partial charge in [-0.15, -0.1) is 5.10 Å². The second-order valence-electron chi connectivity index (χ2n) is 11.9. The number of β-lactam (4-membered cyclic amide) rings is 1. The van der Waals surface area contributed by atoms with E-state index in [1.807, 2.05) is 59.5 Å². The Bertz CT molecular complexity index is 1930. The lowest BCUT2D eigenvalue weighted by atomic mass is 9.79. The minimum Gasteiger partial charge on any atom is -0.508 e. The predicted molar refractivity (Wildman–Crippen MR) is 173 cm³/mol.